The number of fused-ring (bicyclic) bond motifs is 1. The van der Waals surface area contributed by atoms with Gasteiger partial charge in [-0.25, -0.2) is 14.4 Å². The molecule has 1 aromatic carbocycles. The number of benzene rings is 1. The second-order valence-corrected chi connectivity index (χ2v) is 8.28. The lowest BCUT2D eigenvalue weighted by molar-refractivity contribution is 0.120. The molecule has 0 spiro atoms. The molecular weight excluding hydrogens is 353 g/mol. The molecule has 1 aromatic heterocycles. The van der Waals surface area contributed by atoms with E-state index in [4.69, 9.17) is 0 Å². The van der Waals surface area contributed by atoms with Gasteiger partial charge >= 0.3 is 0 Å². The number of hydrogen-bond acceptors (Lipinski definition) is 5. The normalized spacial score (nSPS) is 21.4. The minimum atomic E-state index is -0.124. The van der Waals surface area contributed by atoms with Crippen LogP contribution in [0.15, 0.2) is 30.6 Å². The van der Waals surface area contributed by atoms with E-state index in [1.165, 1.54) is 30.9 Å². The van der Waals surface area contributed by atoms with Gasteiger partial charge < -0.3 is 4.90 Å². The SMILES string of the molecule is Fc1ccccc1CN1CCc2c(ncnc2N2CCN(C3CCC3)CC2)C1. The molecule has 1 saturated carbocycles. The number of halogens is 1. The lowest BCUT2D eigenvalue weighted by Gasteiger charge is -2.43. The highest BCUT2D eigenvalue weighted by Gasteiger charge is 2.30. The summed E-state index contributed by atoms with van der Waals surface area (Å²) in [6.07, 6.45) is 6.79. The molecule has 2 aliphatic heterocycles. The Morgan fingerprint density at radius 1 is 1.00 bits per heavy atom. The molecule has 0 unspecified atom stereocenters. The molecule has 0 bridgehead atoms. The number of nitrogens with zero attached hydrogens (tertiary/aromatic N) is 5. The number of piperazine rings is 1. The van der Waals surface area contributed by atoms with Crippen LogP contribution in [-0.2, 0) is 19.5 Å². The monoisotopic (exact) mass is 381 g/mol. The predicted molar refractivity (Wildman–Crippen MR) is 108 cm³/mol. The quantitative estimate of drug-likeness (QED) is 0.814. The van der Waals surface area contributed by atoms with Gasteiger partial charge in [0.25, 0.3) is 0 Å². The van der Waals surface area contributed by atoms with Crippen LogP contribution in [0, 0.1) is 5.82 Å². The van der Waals surface area contributed by atoms with Crippen molar-refractivity contribution >= 4 is 5.82 Å². The third-order valence-electron chi connectivity index (χ3n) is 6.62. The van der Waals surface area contributed by atoms with Gasteiger partial charge in [0, 0.05) is 63.0 Å². The summed E-state index contributed by atoms with van der Waals surface area (Å²) in [6, 6.07) is 7.89. The molecule has 1 aliphatic carbocycles. The molecule has 0 N–H and O–H groups in total. The molecule has 148 valence electrons. The Bertz CT molecular complexity index is 829. The van der Waals surface area contributed by atoms with Crippen LogP contribution in [-0.4, -0.2) is 58.5 Å². The lowest BCUT2D eigenvalue weighted by atomic mass is 9.91. The van der Waals surface area contributed by atoms with Crippen LogP contribution in [0.25, 0.3) is 0 Å². The van der Waals surface area contributed by atoms with Crippen LogP contribution in [0.2, 0.25) is 0 Å². The summed E-state index contributed by atoms with van der Waals surface area (Å²) < 4.78 is 14.0. The number of rotatable bonds is 4. The van der Waals surface area contributed by atoms with Gasteiger partial charge in [0.2, 0.25) is 0 Å². The molecule has 0 atom stereocenters. The van der Waals surface area contributed by atoms with E-state index in [-0.39, 0.29) is 5.82 Å². The van der Waals surface area contributed by atoms with Crippen LogP contribution >= 0.6 is 0 Å². The smallest absolute Gasteiger partial charge is 0.135 e. The van der Waals surface area contributed by atoms with Gasteiger partial charge in [0.15, 0.2) is 0 Å². The highest BCUT2D eigenvalue weighted by Crippen LogP contribution is 2.29. The Balaban J connectivity index is 1.27. The molecule has 2 aromatic rings. The van der Waals surface area contributed by atoms with Crippen LogP contribution in [0.5, 0.6) is 0 Å². The van der Waals surface area contributed by atoms with Gasteiger partial charge in [0.05, 0.1) is 5.69 Å². The minimum absolute atomic E-state index is 0.124. The van der Waals surface area contributed by atoms with Crippen molar-refractivity contribution in [3.05, 3.63) is 53.2 Å². The zero-order valence-electron chi connectivity index (χ0n) is 16.4. The first-order chi connectivity index (χ1) is 13.8. The maximum atomic E-state index is 14.0. The Morgan fingerprint density at radius 2 is 1.82 bits per heavy atom. The van der Waals surface area contributed by atoms with Crippen molar-refractivity contribution in [2.75, 3.05) is 37.6 Å². The Hall–Kier alpha value is -2.05. The van der Waals surface area contributed by atoms with Crippen LogP contribution in [0.1, 0.15) is 36.1 Å². The van der Waals surface area contributed by atoms with E-state index < -0.39 is 0 Å². The largest absolute Gasteiger partial charge is 0.354 e. The highest BCUT2D eigenvalue weighted by molar-refractivity contribution is 5.50. The summed E-state index contributed by atoms with van der Waals surface area (Å²) in [6.45, 7) is 6.71. The van der Waals surface area contributed by atoms with Gasteiger partial charge in [-0.15, -0.1) is 0 Å². The Kier molecular flexibility index (Phi) is 4.99. The zero-order valence-corrected chi connectivity index (χ0v) is 16.4. The first kappa shape index (κ1) is 18.0. The molecule has 3 aliphatic rings. The van der Waals surface area contributed by atoms with Crippen LogP contribution in [0.4, 0.5) is 10.2 Å². The second kappa shape index (κ2) is 7.76. The van der Waals surface area contributed by atoms with Crippen LogP contribution in [0.3, 0.4) is 0 Å². The van der Waals surface area contributed by atoms with E-state index in [2.05, 4.69) is 24.7 Å². The van der Waals surface area contributed by atoms with E-state index >= 15 is 0 Å². The topological polar surface area (TPSA) is 35.5 Å². The summed E-state index contributed by atoms with van der Waals surface area (Å²) in [5, 5.41) is 0. The number of hydrogen-bond donors (Lipinski definition) is 0. The summed E-state index contributed by atoms with van der Waals surface area (Å²) in [5.41, 5.74) is 3.16. The van der Waals surface area contributed by atoms with E-state index in [1.807, 2.05) is 12.1 Å². The summed E-state index contributed by atoms with van der Waals surface area (Å²) in [4.78, 5) is 16.6. The lowest BCUT2D eigenvalue weighted by Crippen LogP contribution is -2.52. The maximum absolute atomic E-state index is 14.0. The van der Waals surface area contributed by atoms with E-state index in [0.29, 0.717) is 6.54 Å². The maximum Gasteiger partial charge on any atom is 0.135 e. The van der Waals surface area contributed by atoms with E-state index in [1.54, 1.807) is 12.4 Å². The average molecular weight is 381 g/mol. The summed E-state index contributed by atoms with van der Waals surface area (Å²) in [5.74, 6) is 1.00. The third-order valence-corrected chi connectivity index (χ3v) is 6.62. The molecule has 6 heteroatoms. The third kappa shape index (κ3) is 3.51. The van der Waals surface area contributed by atoms with Crippen LogP contribution < -0.4 is 4.90 Å². The predicted octanol–water partition coefficient (Wildman–Crippen LogP) is 2.85. The molecule has 1 saturated heterocycles. The van der Waals surface area contributed by atoms with Gasteiger partial charge in [-0.3, -0.25) is 9.80 Å². The molecule has 0 amide bonds. The summed E-state index contributed by atoms with van der Waals surface area (Å²) >= 11 is 0. The van der Waals surface area contributed by atoms with Crippen molar-refractivity contribution in [3.8, 4) is 0 Å². The highest BCUT2D eigenvalue weighted by atomic mass is 19.1. The number of anilines is 1. The standard InChI is InChI=1S/C22H28FN5/c23-20-7-2-1-4-17(20)14-26-9-8-19-21(15-26)24-16-25-22(19)28-12-10-27(11-13-28)18-5-3-6-18/h1-2,4,7,16,18H,3,5-6,8-15H2. The average Bonchev–Trinajstić information content (AvgIpc) is 2.68. The van der Waals surface area contributed by atoms with Crippen molar-refractivity contribution in [2.24, 2.45) is 0 Å². The molecule has 2 fully saturated rings. The van der Waals surface area contributed by atoms with Crippen molar-refractivity contribution < 1.29 is 4.39 Å². The van der Waals surface area contributed by atoms with Gasteiger partial charge in [-0.2, -0.15) is 0 Å². The first-order valence-corrected chi connectivity index (χ1v) is 10.6. The van der Waals surface area contributed by atoms with Crippen molar-refractivity contribution in [3.63, 3.8) is 0 Å². The molecule has 0 radical (unpaired) electrons. The van der Waals surface area contributed by atoms with E-state index in [0.717, 1.165) is 68.8 Å². The molecular formula is C22H28FN5. The van der Waals surface area contributed by atoms with Crippen molar-refractivity contribution in [2.45, 2.75) is 44.8 Å². The molecule has 5 rings (SSSR count). The fraction of sp³-hybridized carbons (Fsp3) is 0.545. The molecule has 3 heterocycles. The fourth-order valence-electron chi connectivity index (χ4n) is 4.72. The fourth-order valence-corrected chi connectivity index (χ4v) is 4.72. The van der Waals surface area contributed by atoms with Gasteiger partial charge in [-0.1, -0.05) is 24.6 Å². The van der Waals surface area contributed by atoms with Crippen molar-refractivity contribution in [1.82, 2.24) is 19.8 Å². The second-order valence-electron chi connectivity index (χ2n) is 8.28. The van der Waals surface area contributed by atoms with Crippen molar-refractivity contribution in [1.29, 1.82) is 0 Å². The minimum Gasteiger partial charge on any atom is -0.354 e. The van der Waals surface area contributed by atoms with E-state index in [9.17, 15) is 4.39 Å². The Labute approximate surface area is 166 Å². The summed E-state index contributed by atoms with van der Waals surface area (Å²) in [7, 11) is 0. The first-order valence-electron chi connectivity index (χ1n) is 10.6. The molecule has 5 nitrogen and oxygen atoms in total. The zero-order chi connectivity index (χ0) is 18.9. The van der Waals surface area contributed by atoms with Gasteiger partial charge in [0.1, 0.15) is 18.0 Å². The number of aromatic nitrogens is 2. The Morgan fingerprint density at radius 3 is 2.57 bits per heavy atom. The van der Waals surface area contributed by atoms with Gasteiger partial charge in [-0.05, 0) is 25.3 Å². The molecule has 28 heavy (non-hydrogen) atoms.